The topological polar surface area (TPSA) is 39.1 Å². The Labute approximate surface area is 197 Å². The highest BCUT2D eigenvalue weighted by atomic mass is 35.5. The van der Waals surface area contributed by atoms with Gasteiger partial charge in [-0.3, -0.25) is 0 Å². The van der Waals surface area contributed by atoms with Gasteiger partial charge in [-0.2, -0.15) is 18.3 Å². The molecule has 0 saturated carbocycles. The van der Waals surface area contributed by atoms with Crippen LogP contribution in [0.25, 0.3) is 0 Å². The van der Waals surface area contributed by atoms with E-state index in [4.69, 9.17) is 27.9 Å². The fourth-order valence-corrected chi connectivity index (χ4v) is 4.91. The Balaban J connectivity index is 1.79. The predicted molar refractivity (Wildman–Crippen MR) is 123 cm³/mol. The first kappa shape index (κ1) is 22.9. The van der Waals surface area contributed by atoms with Crippen molar-refractivity contribution in [1.29, 1.82) is 0 Å². The number of benzene rings is 1. The number of allylic oxidation sites excluding steroid dienone is 7. The normalized spacial score (nSPS) is 18.5. The highest BCUT2D eigenvalue weighted by Crippen LogP contribution is 2.47. The van der Waals surface area contributed by atoms with E-state index < -0.39 is 17.9 Å². The van der Waals surface area contributed by atoms with Crippen LogP contribution in [0.15, 0.2) is 69.8 Å². The van der Waals surface area contributed by atoms with Crippen molar-refractivity contribution in [3.63, 3.8) is 0 Å². The van der Waals surface area contributed by atoms with Gasteiger partial charge in [0, 0.05) is 23.1 Å². The number of methoxy groups -OCH3 is 1. The van der Waals surface area contributed by atoms with Crippen LogP contribution in [0.4, 0.5) is 19.0 Å². The van der Waals surface area contributed by atoms with Gasteiger partial charge in [-0.05, 0) is 41.7 Å². The SMILES string of the molecule is COC1=CCC(SC2=C(C)Nc3cc(C(F)(F)F)nn3C2c2ccc(Cl)c(Cl)c2)=CC=C1. The molecule has 4 rings (SSSR count). The van der Waals surface area contributed by atoms with Crippen LogP contribution in [0.3, 0.4) is 0 Å². The van der Waals surface area contributed by atoms with Gasteiger partial charge in [-0.1, -0.05) is 53.2 Å². The lowest BCUT2D eigenvalue weighted by Crippen LogP contribution is -2.23. The zero-order valence-electron chi connectivity index (χ0n) is 17.0. The molecule has 1 aliphatic heterocycles. The van der Waals surface area contributed by atoms with Crippen molar-refractivity contribution in [3.05, 3.63) is 91.1 Å². The zero-order valence-corrected chi connectivity index (χ0v) is 19.3. The van der Waals surface area contributed by atoms with E-state index in [0.29, 0.717) is 22.0 Å². The molecule has 1 atom stereocenters. The van der Waals surface area contributed by atoms with Crippen molar-refractivity contribution >= 4 is 40.8 Å². The third kappa shape index (κ3) is 4.58. The number of fused-ring (bicyclic) bond motifs is 1. The number of thioether (sulfide) groups is 1. The van der Waals surface area contributed by atoms with E-state index in [-0.39, 0.29) is 5.82 Å². The Kier molecular flexibility index (Phi) is 6.38. The van der Waals surface area contributed by atoms with Crippen molar-refractivity contribution in [2.45, 2.75) is 25.6 Å². The molecule has 0 fully saturated rings. The molecule has 2 heterocycles. The quantitative estimate of drug-likeness (QED) is 0.470. The van der Waals surface area contributed by atoms with Crippen LogP contribution in [-0.4, -0.2) is 16.9 Å². The maximum atomic E-state index is 13.4. The number of rotatable bonds is 4. The molecule has 2 aromatic rings. The maximum Gasteiger partial charge on any atom is 0.435 e. The molecule has 1 N–H and O–H groups in total. The molecule has 0 bridgehead atoms. The van der Waals surface area contributed by atoms with Crippen molar-refractivity contribution in [2.24, 2.45) is 0 Å². The molecule has 1 aliphatic carbocycles. The number of hydrogen-bond acceptors (Lipinski definition) is 4. The van der Waals surface area contributed by atoms with E-state index in [2.05, 4.69) is 10.4 Å². The molecule has 1 unspecified atom stereocenters. The second-order valence-electron chi connectivity index (χ2n) is 7.16. The molecule has 0 radical (unpaired) electrons. The van der Waals surface area contributed by atoms with Crippen LogP contribution >= 0.6 is 35.0 Å². The lowest BCUT2D eigenvalue weighted by molar-refractivity contribution is -0.141. The first-order chi connectivity index (χ1) is 15.2. The van der Waals surface area contributed by atoms with Gasteiger partial charge < -0.3 is 10.1 Å². The number of nitrogens with one attached hydrogen (secondary N) is 1. The van der Waals surface area contributed by atoms with E-state index in [0.717, 1.165) is 27.3 Å². The van der Waals surface area contributed by atoms with Crippen LogP contribution < -0.4 is 5.32 Å². The third-order valence-electron chi connectivity index (χ3n) is 4.99. The van der Waals surface area contributed by atoms with Crippen molar-refractivity contribution in [3.8, 4) is 0 Å². The first-order valence-electron chi connectivity index (χ1n) is 9.56. The molecule has 1 aromatic heterocycles. The Hall–Kier alpha value is -2.29. The fraction of sp³-hybridized carbons (Fsp3) is 0.227. The van der Waals surface area contributed by atoms with Crippen molar-refractivity contribution < 1.29 is 17.9 Å². The molecule has 32 heavy (non-hydrogen) atoms. The largest absolute Gasteiger partial charge is 0.497 e. The number of anilines is 1. The Morgan fingerprint density at radius 2 is 2.00 bits per heavy atom. The third-order valence-corrected chi connectivity index (χ3v) is 7.04. The van der Waals surface area contributed by atoms with Gasteiger partial charge in [0.05, 0.1) is 17.2 Å². The molecular formula is C22H18Cl2F3N3OS. The standard InChI is InChI=1S/C22H18Cl2F3N3OS/c1-12-21(32-15-5-3-4-14(31-2)7-8-15)20(13-6-9-16(23)17(24)10-13)30-19(28-12)11-18(29-30)22(25,26)27/h3-7,9-11,20,28H,8H2,1-2H3. The smallest absolute Gasteiger partial charge is 0.435 e. The lowest BCUT2D eigenvalue weighted by atomic mass is 10.0. The first-order valence-corrected chi connectivity index (χ1v) is 11.1. The molecular weight excluding hydrogens is 482 g/mol. The summed E-state index contributed by atoms with van der Waals surface area (Å²) in [6.45, 7) is 1.83. The van der Waals surface area contributed by atoms with Crippen LogP contribution in [0.2, 0.25) is 10.0 Å². The number of hydrogen-bond donors (Lipinski definition) is 1. The van der Waals surface area contributed by atoms with E-state index in [1.165, 1.54) is 16.4 Å². The summed E-state index contributed by atoms with van der Waals surface area (Å²) in [6, 6.07) is 5.45. The number of alkyl halides is 3. The Bertz CT molecular complexity index is 1180. The van der Waals surface area contributed by atoms with Gasteiger partial charge in [-0.25, -0.2) is 4.68 Å². The minimum atomic E-state index is -4.56. The van der Waals surface area contributed by atoms with E-state index in [9.17, 15) is 13.2 Å². The van der Waals surface area contributed by atoms with Crippen molar-refractivity contribution in [2.75, 3.05) is 12.4 Å². The van der Waals surface area contributed by atoms with Gasteiger partial charge in [0.25, 0.3) is 0 Å². The van der Waals surface area contributed by atoms with E-state index >= 15 is 0 Å². The van der Waals surface area contributed by atoms with Crippen LogP contribution in [0.1, 0.15) is 30.6 Å². The highest BCUT2D eigenvalue weighted by molar-refractivity contribution is 8.06. The van der Waals surface area contributed by atoms with Gasteiger partial charge in [0.1, 0.15) is 17.6 Å². The maximum absolute atomic E-state index is 13.4. The molecule has 10 heteroatoms. The molecule has 2 aliphatic rings. The summed E-state index contributed by atoms with van der Waals surface area (Å²) in [7, 11) is 1.60. The van der Waals surface area contributed by atoms with Gasteiger partial charge in [0.2, 0.25) is 0 Å². The molecule has 0 spiro atoms. The molecule has 4 nitrogen and oxygen atoms in total. The van der Waals surface area contributed by atoms with Gasteiger partial charge >= 0.3 is 6.18 Å². The van der Waals surface area contributed by atoms with Crippen molar-refractivity contribution in [1.82, 2.24) is 9.78 Å². The van der Waals surface area contributed by atoms with E-state index in [1.54, 1.807) is 25.3 Å². The summed E-state index contributed by atoms with van der Waals surface area (Å²) in [4.78, 5) is 1.81. The van der Waals surface area contributed by atoms with Crippen LogP contribution in [0.5, 0.6) is 0 Å². The minimum Gasteiger partial charge on any atom is -0.497 e. The second kappa shape index (κ2) is 8.92. The van der Waals surface area contributed by atoms with Crippen LogP contribution in [0, 0.1) is 0 Å². The molecule has 0 saturated heterocycles. The predicted octanol–water partition coefficient (Wildman–Crippen LogP) is 7.56. The van der Waals surface area contributed by atoms with Gasteiger partial charge in [-0.15, -0.1) is 0 Å². The highest BCUT2D eigenvalue weighted by Gasteiger charge is 2.38. The lowest BCUT2D eigenvalue weighted by Gasteiger charge is -2.30. The zero-order chi connectivity index (χ0) is 23.0. The van der Waals surface area contributed by atoms with Crippen LogP contribution in [-0.2, 0) is 10.9 Å². The average molecular weight is 500 g/mol. The number of nitrogens with zero attached hydrogens (tertiary/aromatic N) is 2. The summed E-state index contributed by atoms with van der Waals surface area (Å²) in [5.74, 6) is 1.00. The molecule has 168 valence electrons. The Morgan fingerprint density at radius 1 is 1.22 bits per heavy atom. The number of ether oxygens (including phenoxy) is 1. The average Bonchev–Trinajstić information content (AvgIpc) is 3.03. The number of aromatic nitrogens is 2. The molecule has 1 aromatic carbocycles. The summed E-state index contributed by atoms with van der Waals surface area (Å²) < 4.78 is 46.9. The summed E-state index contributed by atoms with van der Waals surface area (Å²) >= 11 is 13.8. The fourth-order valence-electron chi connectivity index (χ4n) is 3.46. The number of halogens is 5. The minimum absolute atomic E-state index is 0.256. The summed E-state index contributed by atoms with van der Waals surface area (Å²) in [5.41, 5.74) is 0.448. The molecule has 0 amide bonds. The summed E-state index contributed by atoms with van der Waals surface area (Å²) in [5, 5.41) is 7.65. The monoisotopic (exact) mass is 499 g/mol. The Morgan fingerprint density at radius 3 is 2.69 bits per heavy atom. The summed E-state index contributed by atoms with van der Waals surface area (Å²) in [6.07, 6.45) is 3.69. The van der Waals surface area contributed by atoms with E-state index in [1.807, 2.05) is 31.2 Å². The second-order valence-corrected chi connectivity index (χ2v) is 9.14. The van der Waals surface area contributed by atoms with Gasteiger partial charge in [0.15, 0.2) is 5.69 Å².